The van der Waals surface area contributed by atoms with Crippen molar-refractivity contribution in [2.75, 3.05) is 50.8 Å². The van der Waals surface area contributed by atoms with E-state index in [1.54, 1.807) is 4.90 Å². The van der Waals surface area contributed by atoms with E-state index in [-0.39, 0.29) is 37.5 Å². The minimum Gasteiger partial charge on any atom is -0.457 e. The molecule has 0 aliphatic carbocycles. The molecule has 3 rings (SSSR count). The van der Waals surface area contributed by atoms with Gasteiger partial charge in [-0.1, -0.05) is 12.1 Å². The minimum absolute atomic E-state index is 0.165. The second kappa shape index (κ2) is 9.43. The summed E-state index contributed by atoms with van der Waals surface area (Å²) in [5.74, 6) is -1.22. The van der Waals surface area contributed by atoms with E-state index in [0.29, 0.717) is 31.8 Å². The van der Waals surface area contributed by atoms with Gasteiger partial charge in [0, 0.05) is 57.8 Å². The molecule has 1 fully saturated rings. The van der Waals surface area contributed by atoms with Crippen LogP contribution in [0.5, 0.6) is 0 Å². The van der Waals surface area contributed by atoms with Crippen molar-refractivity contribution < 1.29 is 28.7 Å². The van der Waals surface area contributed by atoms with Crippen LogP contribution in [0.4, 0.5) is 5.69 Å². The number of carbonyl (C=O) groups excluding carboxylic acids is 4. The normalized spacial score (nSPS) is 16.4. The molecule has 0 radical (unpaired) electrons. The summed E-state index contributed by atoms with van der Waals surface area (Å²) in [4.78, 5) is 50.0. The van der Waals surface area contributed by atoms with E-state index in [1.165, 1.54) is 13.8 Å². The van der Waals surface area contributed by atoms with Gasteiger partial charge < -0.3 is 24.6 Å². The topological polar surface area (TPSA) is 105 Å². The van der Waals surface area contributed by atoms with E-state index < -0.39 is 5.97 Å². The van der Waals surface area contributed by atoms with Crippen LogP contribution in [0.2, 0.25) is 0 Å². The van der Waals surface area contributed by atoms with Crippen LogP contribution in [0.1, 0.15) is 19.4 Å². The molecule has 2 heterocycles. The predicted octanol–water partition coefficient (Wildman–Crippen LogP) is 0.345. The second-order valence-electron chi connectivity index (χ2n) is 7.16. The third-order valence-electron chi connectivity index (χ3n) is 5.04. The smallest absolute Gasteiger partial charge is 0.339 e. The van der Waals surface area contributed by atoms with Crippen LogP contribution >= 0.6 is 0 Å². The first-order valence-electron chi connectivity index (χ1n) is 9.75. The van der Waals surface area contributed by atoms with Gasteiger partial charge in [0.2, 0.25) is 5.91 Å². The van der Waals surface area contributed by atoms with Crippen molar-refractivity contribution in [3.8, 4) is 0 Å². The van der Waals surface area contributed by atoms with Crippen molar-refractivity contribution in [2.45, 2.75) is 13.8 Å². The first-order valence-corrected chi connectivity index (χ1v) is 9.75. The fourth-order valence-corrected chi connectivity index (χ4v) is 3.44. The molecule has 1 N–H and O–H groups in total. The molecule has 0 atom stereocenters. The highest BCUT2D eigenvalue weighted by atomic mass is 16.5. The van der Waals surface area contributed by atoms with Gasteiger partial charge in [0.05, 0.1) is 5.57 Å². The summed E-state index contributed by atoms with van der Waals surface area (Å²) in [6, 6.07) is 7.59. The average Bonchev–Trinajstić information content (AvgIpc) is 3.11. The van der Waals surface area contributed by atoms with Gasteiger partial charge in [-0.3, -0.25) is 14.4 Å². The van der Waals surface area contributed by atoms with Crippen LogP contribution in [0, 0.1) is 0 Å². The maximum Gasteiger partial charge on any atom is 0.339 e. The first kappa shape index (κ1) is 21.4. The standard InChI is InChI=1S/C21H25N3O6/c1-14(25)22-11-17-12-30-21(28)20(17)16-3-5-18(6-4-16)23-7-9-24(10-8-23)19(27)13-29-15(2)26/h3-6H,7-13H2,1-2H3,(H,22,25). The zero-order valence-corrected chi connectivity index (χ0v) is 17.1. The summed E-state index contributed by atoms with van der Waals surface area (Å²) in [6.45, 7) is 5.33. The molecular weight excluding hydrogens is 390 g/mol. The third kappa shape index (κ3) is 5.16. The van der Waals surface area contributed by atoms with Gasteiger partial charge in [-0.15, -0.1) is 0 Å². The Morgan fingerprint density at radius 1 is 1.07 bits per heavy atom. The molecule has 2 aliphatic rings. The lowest BCUT2D eigenvalue weighted by molar-refractivity contribution is -0.150. The van der Waals surface area contributed by atoms with Crippen molar-refractivity contribution in [2.24, 2.45) is 0 Å². The zero-order chi connectivity index (χ0) is 21.7. The van der Waals surface area contributed by atoms with Crippen molar-refractivity contribution in [1.82, 2.24) is 10.2 Å². The van der Waals surface area contributed by atoms with E-state index in [4.69, 9.17) is 9.47 Å². The number of nitrogens with one attached hydrogen (secondary N) is 1. The Morgan fingerprint density at radius 2 is 1.73 bits per heavy atom. The molecule has 1 aromatic rings. The Balaban J connectivity index is 1.62. The Labute approximate surface area is 174 Å². The van der Waals surface area contributed by atoms with E-state index in [0.717, 1.165) is 16.8 Å². The number of hydrogen-bond donors (Lipinski definition) is 1. The van der Waals surface area contributed by atoms with Crippen LogP contribution in [0.15, 0.2) is 29.8 Å². The molecule has 1 aromatic carbocycles. The quantitative estimate of drug-likeness (QED) is 0.668. The van der Waals surface area contributed by atoms with Crippen molar-refractivity contribution in [1.29, 1.82) is 0 Å². The third-order valence-corrected chi connectivity index (χ3v) is 5.04. The predicted molar refractivity (Wildman–Crippen MR) is 108 cm³/mol. The number of carbonyl (C=O) groups is 4. The number of cyclic esters (lactones) is 1. The maximum atomic E-state index is 12.1. The molecule has 9 nitrogen and oxygen atoms in total. The number of ether oxygens (including phenoxy) is 2. The van der Waals surface area contributed by atoms with Crippen LogP contribution < -0.4 is 10.2 Å². The van der Waals surface area contributed by atoms with Gasteiger partial charge in [-0.05, 0) is 17.7 Å². The molecule has 2 aliphatic heterocycles. The van der Waals surface area contributed by atoms with Crippen LogP contribution in [-0.4, -0.2) is 74.6 Å². The highest BCUT2D eigenvalue weighted by Gasteiger charge is 2.27. The Hall–Kier alpha value is -3.36. The zero-order valence-electron chi connectivity index (χ0n) is 17.1. The Bertz CT molecular complexity index is 869. The summed E-state index contributed by atoms with van der Waals surface area (Å²) >= 11 is 0. The molecule has 30 heavy (non-hydrogen) atoms. The summed E-state index contributed by atoms with van der Waals surface area (Å²) in [6.07, 6.45) is 0. The lowest BCUT2D eigenvalue weighted by Gasteiger charge is -2.36. The lowest BCUT2D eigenvalue weighted by Crippen LogP contribution is -2.49. The monoisotopic (exact) mass is 415 g/mol. The molecule has 0 spiro atoms. The van der Waals surface area contributed by atoms with Crippen molar-refractivity contribution in [3.05, 3.63) is 35.4 Å². The number of amides is 2. The summed E-state index contributed by atoms with van der Waals surface area (Å²) in [7, 11) is 0. The number of nitrogens with zero attached hydrogens (tertiary/aromatic N) is 2. The van der Waals surface area contributed by atoms with E-state index in [9.17, 15) is 19.2 Å². The van der Waals surface area contributed by atoms with Crippen LogP contribution in [-0.2, 0) is 28.7 Å². The van der Waals surface area contributed by atoms with E-state index in [2.05, 4.69) is 10.2 Å². The minimum atomic E-state index is -0.469. The fourth-order valence-electron chi connectivity index (χ4n) is 3.44. The van der Waals surface area contributed by atoms with Gasteiger partial charge in [-0.2, -0.15) is 0 Å². The van der Waals surface area contributed by atoms with E-state index >= 15 is 0 Å². The average molecular weight is 415 g/mol. The van der Waals surface area contributed by atoms with Crippen LogP contribution in [0.3, 0.4) is 0 Å². The fraction of sp³-hybridized carbons (Fsp3) is 0.429. The molecule has 2 amide bonds. The highest BCUT2D eigenvalue weighted by Crippen LogP contribution is 2.28. The number of hydrogen-bond acceptors (Lipinski definition) is 7. The summed E-state index contributed by atoms with van der Waals surface area (Å²) in [5, 5.41) is 2.70. The Kier molecular flexibility index (Phi) is 6.71. The first-order chi connectivity index (χ1) is 14.3. The summed E-state index contributed by atoms with van der Waals surface area (Å²) < 4.78 is 9.91. The van der Waals surface area contributed by atoms with Crippen LogP contribution in [0.25, 0.3) is 5.57 Å². The van der Waals surface area contributed by atoms with E-state index in [1.807, 2.05) is 24.3 Å². The Morgan fingerprint density at radius 3 is 2.33 bits per heavy atom. The highest BCUT2D eigenvalue weighted by molar-refractivity contribution is 6.19. The molecule has 0 aromatic heterocycles. The van der Waals surface area contributed by atoms with Crippen molar-refractivity contribution in [3.63, 3.8) is 0 Å². The molecule has 9 heteroatoms. The van der Waals surface area contributed by atoms with Crippen molar-refractivity contribution >= 4 is 35.0 Å². The number of esters is 2. The van der Waals surface area contributed by atoms with Gasteiger partial charge in [0.25, 0.3) is 5.91 Å². The SMILES string of the molecule is CC(=O)NCC1=C(c2ccc(N3CCN(C(=O)COC(C)=O)CC3)cc2)C(=O)OC1. The molecule has 0 saturated carbocycles. The number of anilines is 1. The van der Waals surface area contributed by atoms with Gasteiger partial charge >= 0.3 is 11.9 Å². The van der Waals surface area contributed by atoms with Gasteiger partial charge in [-0.25, -0.2) is 4.79 Å². The number of rotatable bonds is 6. The molecule has 0 bridgehead atoms. The van der Waals surface area contributed by atoms with Gasteiger partial charge in [0.1, 0.15) is 6.61 Å². The molecule has 1 saturated heterocycles. The molecule has 160 valence electrons. The molecular formula is C21H25N3O6. The number of benzene rings is 1. The number of piperazine rings is 1. The lowest BCUT2D eigenvalue weighted by atomic mass is 10.0. The molecule has 0 unspecified atom stereocenters. The second-order valence-corrected chi connectivity index (χ2v) is 7.16. The summed E-state index contributed by atoms with van der Waals surface area (Å²) in [5.41, 5.74) is 2.98. The maximum absolute atomic E-state index is 12.1. The van der Waals surface area contributed by atoms with Gasteiger partial charge in [0.15, 0.2) is 6.61 Å². The largest absolute Gasteiger partial charge is 0.457 e.